The predicted octanol–water partition coefficient (Wildman–Crippen LogP) is 1.91. The monoisotopic (exact) mass is 431 g/mol. The summed E-state index contributed by atoms with van der Waals surface area (Å²) in [5.41, 5.74) is 0.122. The van der Waals surface area contributed by atoms with Crippen LogP contribution < -0.4 is 20.1 Å². The van der Waals surface area contributed by atoms with Gasteiger partial charge in [0.15, 0.2) is 6.10 Å². The van der Waals surface area contributed by atoms with Crippen molar-refractivity contribution < 1.29 is 33.5 Å². The number of nitro groups is 1. The van der Waals surface area contributed by atoms with E-state index in [1.54, 1.807) is 12.1 Å². The highest BCUT2D eigenvalue weighted by atomic mass is 16.6. The number of nitro benzene ring substituents is 1. The second-order valence-corrected chi connectivity index (χ2v) is 6.17. The van der Waals surface area contributed by atoms with Crippen LogP contribution in [0.15, 0.2) is 42.5 Å². The van der Waals surface area contributed by atoms with E-state index in [2.05, 4.69) is 10.6 Å². The number of methoxy groups -OCH3 is 2. The molecule has 2 rings (SSSR count). The third-order valence-electron chi connectivity index (χ3n) is 4.07. The summed E-state index contributed by atoms with van der Waals surface area (Å²) in [4.78, 5) is 46.6. The lowest BCUT2D eigenvalue weighted by Crippen LogP contribution is -2.35. The van der Waals surface area contributed by atoms with Crippen molar-refractivity contribution >= 4 is 29.2 Å². The average Bonchev–Trinajstić information content (AvgIpc) is 2.77. The molecule has 164 valence electrons. The molecule has 0 aliphatic rings. The molecule has 2 aromatic carbocycles. The van der Waals surface area contributed by atoms with E-state index >= 15 is 0 Å². The Morgan fingerprint density at radius 2 is 1.74 bits per heavy atom. The normalized spacial score (nSPS) is 11.1. The Hall–Kier alpha value is -4.15. The minimum Gasteiger partial charge on any atom is -0.497 e. The molecule has 0 fully saturated rings. The van der Waals surface area contributed by atoms with Gasteiger partial charge in [-0.05, 0) is 37.3 Å². The van der Waals surface area contributed by atoms with Crippen LogP contribution in [0.3, 0.4) is 0 Å². The van der Waals surface area contributed by atoms with Gasteiger partial charge in [-0.3, -0.25) is 24.5 Å². The van der Waals surface area contributed by atoms with Crippen LogP contribution in [0.1, 0.15) is 17.3 Å². The number of hydrogen-bond donors (Lipinski definition) is 2. The molecule has 0 bridgehead atoms. The van der Waals surface area contributed by atoms with E-state index in [1.807, 2.05) is 0 Å². The summed E-state index contributed by atoms with van der Waals surface area (Å²) < 4.78 is 15.1. The fourth-order valence-corrected chi connectivity index (χ4v) is 2.43. The Labute approximate surface area is 177 Å². The van der Waals surface area contributed by atoms with E-state index < -0.39 is 35.4 Å². The lowest BCUT2D eigenvalue weighted by molar-refractivity contribution is -0.384. The molecule has 0 heterocycles. The number of nitrogens with zero attached hydrogens (tertiary/aromatic N) is 1. The Morgan fingerprint density at radius 3 is 2.32 bits per heavy atom. The van der Waals surface area contributed by atoms with Crippen LogP contribution in [0.5, 0.6) is 11.5 Å². The zero-order chi connectivity index (χ0) is 23.0. The van der Waals surface area contributed by atoms with Gasteiger partial charge in [-0.2, -0.15) is 0 Å². The van der Waals surface area contributed by atoms with Gasteiger partial charge in [0.1, 0.15) is 18.0 Å². The van der Waals surface area contributed by atoms with Crippen molar-refractivity contribution in [3.05, 3.63) is 58.1 Å². The van der Waals surface area contributed by atoms with Gasteiger partial charge in [-0.1, -0.05) is 0 Å². The fourth-order valence-electron chi connectivity index (χ4n) is 2.43. The Bertz CT molecular complexity index is 975. The van der Waals surface area contributed by atoms with Crippen molar-refractivity contribution in [3.63, 3.8) is 0 Å². The molecular formula is C20H21N3O8. The predicted molar refractivity (Wildman–Crippen MR) is 109 cm³/mol. The van der Waals surface area contributed by atoms with Crippen LogP contribution in [0.2, 0.25) is 0 Å². The second kappa shape index (κ2) is 10.6. The Kier molecular flexibility index (Phi) is 7.89. The molecule has 2 N–H and O–H groups in total. The first-order chi connectivity index (χ1) is 14.7. The van der Waals surface area contributed by atoms with E-state index in [0.29, 0.717) is 11.3 Å². The Morgan fingerprint density at radius 1 is 1.06 bits per heavy atom. The molecule has 0 radical (unpaired) electrons. The highest BCUT2D eigenvalue weighted by molar-refractivity contribution is 5.98. The maximum Gasteiger partial charge on any atom is 0.326 e. The van der Waals surface area contributed by atoms with Gasteiger partial charge in [0.05, 0.1) is 24.8 Å². The minimum absolute atomic E-state index is 0.0532. The summed E-state index contributed by atoms with van der Waals surface area (Å²) in [6, 6.07) is 9.94. The summed E-state index contributed by atoms with van der Waals surface area (Å²) in [6.07, 6.45) is -1.23. The molecule has 1 unspecified atom stereocenters. The third kappa shape index (κ3) is 6.42. The maximum absolute atomic E-state index is 12.3. The molecule has 0 aromatic heterocycles. The van der Waals surface area contributed by atoms with Crippen LogP contribution in [0.25, 0.3) is 0 Å². The minimum atomic E-state index is -1.23. The standard InChI is InChI=1S/C20H21N3O8/c1-12(19(25)22-16-10-14(23(27)28)6-9-17(16)30-3)31-18(24)11-21-20(26)13-4-7-15(29-2)8-5-13/h4-10,12H,11H2,1-3H3,(H,21,26)(H,22,25). The van der Waals surface area contributed by atoms with Crippen LogP contribution >= 0.6 is 0 Å². The summed E-state index contributed by atoms with van der Waals surface area (Å²) in [7, 11) is 2.84. The van der Waals surface area contributed by atoms with Crippen LogP contribution in [-0.2, 0) is 14.3 Å². The number of hydrogen-bond acceptors (Lipinski definition) is 8. The molecule has 0 saturated heterocycles. The molecule has 31 heavy (non-hydrogen) atoms. The molecule has 2 aromatic rings. The number of ether oxygens (including phenoxy) is 3. The lowest BCUT2D eigenvalue weighted by atomic mass is 10.2. The lowest BCUT2D eigenvalue weighted by Gasteiger charge is -2.15. The van der Waals surface area contributed by atoms with Gasteiger partial charge in [0.25, 0.3) is 17.5 Å². The smallest absolute Gasteiger partial charge is 0.326 e. The third-order valence-corrected chi connectivity index (χ3v) is 4.07. The molecule has 2 amide bonds. The first-order valence-corrected chi connectivity index (χ1v) is 9.00. The first kappa shape index (κ1) is 23.1. The summed E-state index contributed by atoms with van der Waals surface area (Å²) in [6.45, 7) is 0.866. The number of carbonyl (C=O) groups excluding carboxylic acids is 3. The fraction of sp³-hybridized carbons (Fsp3) is 0.250. The molecule has 0 saturated carbocycles. The van der Waals surface area contributed by atoms with Crippen molar-refractivity contribution in [3.8, 4) is 11.5 Å². The van der Waals surface area contributed by atoms with Crippen molar-refractivity contribution in [1.82, 2.24) is 5.32 Å². The van der Waals surface area contributed by atoms with E-state index in [0.717, 1.165) is 6.07 Å². The SMILES string of the molecule is COc1ccc(C(=O)NCC(=O)OC(C)C(=O)Nc2cc([N+](=O)[O-])ccc2OC)cc1. The number of anilines is 1. The van der Waals surface area contributed by atoms with Gasteiger partial charge in [0, 0.05) is 17.7 Å². The molecule has 11 nitrogen and oxygen atoms in total. The highest BCUT2D eigenvalue weighted by Gasteiger charge is 2.21. The first-order valence-electron chi connectivity index (χ1n) is 9.00. The summed E-state index contributed by atoms with van der Waals surface area (Å²) >= 11 is 0. The van der Waals surface area contributed by atoms with Crippen molar-refractivity contribution in [1.29, 1.82) is 0 Å². The number of benzene rings is 2. The van der Waals surface area contributed by atoms with E-state index in [9.17, 15) is 24.5 Å². The number of carbonyl (C=O) groups is 3. The quantitative estimate of drug-likeness (QED) is 0.348. The molecule has 1 atom stereocenters. The topological polar surface area (TPSA) is 146 Å². The van der Waals surface area contributed by atoms with Crippen LogP contribution in [-0.4, -0.2) is 49.6 Å². The van der Waals surface area contributed by atoms with Crippen LogP contribution in [0.4, 0.5) is 11.4 Å². The largest absolute Gasteiger partial charge is 0.497 e. The van der Waals surface area contributed by atoms with E-state index in [1.165, 1.54) is 45.4 Å². The second-order valence-electron chi connectivity index (χ2n) is 6.17. The number of non-ortho nitro benzene ring substituents is 1. The summed E-state index contributed by atoms with van der Waals surface area (Å²) in [5.74, 6) is -1.29. The number of rotatable bonds is 9. The van der Waals surface area contributed by atoms with Gasteiger partial charge < -0.3 is 24.8 Å². The van der Waals surface area contributed by atoms with Crippen LogP contribution in [0, 0.1) is 10.1 Å². The van der Waals surface area contributed by atoms with Crippen molar-refractivity contribution in [2.45, 2.75) is 13.0 Å². The zero-order valence-electron chi connectivity index (χ0n) is 17.0. The van der Waals surface area contributed by atoms with Gasteiger partial charge in [0.2, 0.25) is 0 Å². The number of nitrogens with one attached hydrogen (secondary N) is 2. The number of amides is 2. The van der Waals surface area contributed by atoms with Crippen molar-refractivity contribution in [2.24, 2.45) is 0 Å². The molecule has 11 heteroatoms. The van der Waals surface area contributed by atoms with E-state index in [4.69, 9.17) is 14.2 Å². The average molecular weight is 431 g/mol. The number of esters is 1. The maximum atomic E-state index is 12.3. The van der Waals surface area contributed by atoms with Crippen molar-refractivity contribution in [2.75, 3.05) is 26.1 Å². The van der Waals surface area contributed by atoms with E-state index in [-0.39, 0.29) is 17.1 Å². The summed E-state index contributed by atoms with van der Waals surface area (Å²) in [5, 5.41) is 15.7. The van der Waals surface area contributed by atoms with Gasteiger partial charge in [-0.15, -0.1) is 0 Å². The zero-order valence-corrected chi connectivity index (χ0v) is 17.0. The highest BCUT2D eigenvalue weighted by Crippen LogP contribution is 2.29. The molecular weight excluding hydrogens is 410 g/mol. The molecule has 0 aliphatic carbocycles. The van der Waals surface area contributed by atoms with Gasteiger partial charge >= 0.3 is 5.97 Å². The molecule has 0 aliphatic heterocycles. The van der Waals surface area contributed by atoms with Gasteiger partial charge in [-0.25, -0.2) is 0 Å². The molecule has 0 spiro atoms. The Balaban J connectivity index is 1.90.